The number of anilines is 2. The molecule has 9 nitrogen and oxygen atoms in total. The molecule has 2 aliphatic rings. The second-order valence-electron chi connectivity index (χ2n) is 9.51. The first-order chi connectivity index (χ1) is 17.3. The van der Waals surface area contributed by atoms with Crippen molar-refractivity contribution in [2.45, 2.75) is 39.8 Å². The van der Waals surface area contributed by atoms with Gasteiger partial charge in [0, 0.05) is 36.7 Å². The van der Waals surface area contributed by atoms with Gasteiger partial charge in [-0.25, -0.2) is 4.79 Å². The molecule has 0 saturated carbocycles. The number of hydrogen-bond acceptors (Lipinski definition) is 5. The van der Waals surface area contributed by atoms with E-state index >= 15 is 0 Å². The number of benzene rings is 2. The van der Waals surface area contributed by atoms with E-state index in [1.165, 1.54) is 4.90 Å². The standard InChI is InChI=1S/C27H33N5O4/c1-17-7-4-10-21(13-17)29-27(36)30-25-26(35)32(15-23(34)31-12-6-9-20(14-31)16-33)24-18(2)8-5-11-22(24)19(3)28-25/h4-5,7-8,10-11,13,20,25,33H,6,9,12,14-16H2,1-3H3,(H2,29,30,36)/t20-,25-/m0/s1. The van der Waals surface area contributed by atoms with Crippen LogP contribution < -0.4 is 15.5 Å². The molecule has 1 fully saturated rings. The van der Waals surface area contributed by atoms with Crippen LogP contribution in [-0.2, 0) is 9.59 Å². The van der Waals surface area contributed by atoms with E-state index < -0.39 is 18.1 Å². The molecular formula is C27H33N5O4. The number of nitrogens with zero attached hydrogens (tertiary/aromatic N) is 3. The largest absolute Gasteiger partial charge is 0.396 e. The van der Waals surface area contributed by atoms with Gasteiger partial charge in [-0.1, -0.05) is 30.3 Å². The zero-order valence-electron chi connectivity index (χ0n) is 21.0. The molecule has 0 bridgehead atoms. The first kappa shape index (κ1) is 25.4. The molecule has 9 heteroatoms. The highest BCUT2D eigenvalue weighted by Gasteiger charge is 2.35. The highest BCUT2D eigenvalue weighted by molar-refractivity contribution is 6.14. The number of nitrogens with one attached hydrogen (secondary N) is 2. The highest BCUT2D eigenvalue weighted by atomic mass is 16.3. The molecule has 3 N–H and O–H groups in total. The summed E-state index contributed by atoms with van der Waals surface area (Å²) in [6.07, 6.45) is 0.493. The van der Waals surface area contributed by atoms with Gasteiger partial charge >= 0.3 is 6.03 Å². The van der Waals surface area contributed by atoms with Crippen molar-refractivity contribution in [3.63, 3.8) is 0 Å². The molecule has 0 aliphatic carbocycles. The number of hydrogen-bond donors (Lipinski definition) is 3. The number of benzodiazepines with no additional fused rings is 1. The summed E-state index contributed by atoms with van der Waals surface area (Å²) in [6.45, 7) is 6.52. The minimum atomic E-state index is -1.19. The summed E-state index contributed by atoms with van der Waals surface area (Å²) < 4.78 is 0. The lowest BCUT2D eigenvalue weighted by molar-refractivity contribution is -0.133. The molecule has 2 heterocycles. The number of para-hydroxylation sites is 1. The number of carbonyl (C=O) groups is 3. The number of piperidine rings is 1. The minimum absolute atomic E-state index is 0.0312. The molecule has 2 aliphatic heterocycles. The fraction of sp³-hybridized carbons (Fsp3) is 0.407. The van der Waals surface area contributed by atoms with Crippen LogP contribution in [0.2, 0.25) is 0 Å². The van der Waals surface area contributed by atoms with Crippen molar-refractivity contribution in [3.05, 3.63) is 59.2 Å². The first-order valence-electron chi connectivity index (χ1n) is 12.3. The number of aliphatic imine (C=N–C) groups is 1. The summed E-state index contributed by atoms with van der Waals surface area (Å²) in [5.74, 6) is -0.633. The number of aryl methyl sites for hydroxylation is 2. The predicted octanol–water partition coefficient (Wildman–Crippen LogP) is 2.84. The van der Waals surface area contributed by atoms with Crippen molar-refractivity contribution in [2.24, 2.45) is 10.9 Å². The van der Waals surface area contributed by atoms with Crippen LogP contribution in [0.15, 0.2) is 47.5 Å². The molecule has 4 amide bonds. The Bertz CT molecular complexity index is 1190. The molecule has 0 radical (unpaired) electrons. The first-order valence-corrected chi connectivity index (χ1v) is 12.3. The SMILES string of the molecule is CC1=N[C@@H](NC(=O)Nc2cccc(C)c2)C(=O)N(CC(=O)N2CCC[C@H](CO)C2)c2c(C)cccc21. The van der Waals surface area contributed by atoms with Crippen molar-refractivity contribution in [3.8, 4) is 0 Å². The molecule has 1 saturated heterocycles. The summed E-state index contributed by atoms with van der Waals surface area (Å²) in [5, 5.41) is 15.0. The molecule has 36 heavy (non-hydrogen) atoms. The number of amides is 4. The number of fused-ring (bicyclic) bond motifs is 1. The van der Waals surface area contributed by atoms with Crippen molar-refractivity contribution >= 4 is 34.9 Å². The van der Waals surface area contributed by atoms with Gasteiger partial charge in [-0.15, -0.1) is 0 Å². The van der Waals surface area contributed by atoms with E-state index in [0.717, 1.165) is 29.5 Å². The van der Waals surface area contributed by atoms with E-state index in [1.807, 2.05) is 50.2 Å². The second-order valence-corrected chi connectivity index (χ2v) is 9.51. The lowest BCUT2D eigenvalue weighted by Gasteiger charge is -2.34. The topological polar surface area (TPSA) is 114 Å². The van der Waals surface area contributed by atoms with Crippen molar-refractivity contribution in [1.29, 1.82) is 0 Å². The van der Waals surface area contributed by atoms with Crippen molar-refractivity contribution in [2.75, 3.05) is 36.5 Å². The fourth-order valence-electron chi connectivity index (χ4n) is 4.83. The summed E-state index contributed by atoms with van der Waals surface area (Å²) in [4.78, 5) is 47.5. The predicted molar refractivity (Wildman–Crippen MR) is 139 cm³/mol. The van der Waals surface area contributed by atoms with E-state index in [4.69, 9.17) is 0 Å². The lowest BCUT2D eigenvalue weighted by Crippen LogP contribution is -2.52. The van der Waals surface area contributed by atoms with Crippen LogP contribution in [0.5, 0.6) is 0 Å². The number of carbonyl (C=O) groups excluding carboxylic acids is 3. The smallest absolute Gasteiger partial charge is 0.321 e. The summed E-state index contributed by atoms with van der Waals surface area (Å²) in [6, 6.07) is 12.4. The van der Waals surface area contributed by atoms with Gasteiger partial charge in [0.15, 0.2) is 0 Å². The van der Waals surface area contributed by atoms with Crippen molar-refractivity contribution < 1.29 is 19.5 Å². The molecule has 190 valence electrons. The molecule has 0 aromatic heterocycles. The normalized spacial score (nSPS) is 19.8. The van der Waals surface area contributed by atoms with Crippen LogP contribution in [0.4, 0.5) is 16.2 Å². The third-order valence-electron chi connectivity index (χ3n) is 6.69. The summed E-state index contributed by atoms with van der Waals surface area (Å²) in [5.41, 5.74) is 4.38. The fourth-order valence-corrected chi connectivity index (χ4v) is 4.83. The molecule has 2 aromatic carbocycles. The maximum atomic E-state index is 13.8. The quantitative estimate of drug-likeness (QED) is 0.597. The van der Waals surface area contributed by atoms with Gasteiger partial charge in [-0.05, 0) is 62.8 Å². The van der Waals surface area contributed by atoms with Crippen molar-refractivity contribution in [1.82, 2.24) is 10.2 Å². The Morgan fingerprint density at radius 3 is 2.67 bits per heavy atom. The Labute approximate surface area is 211 Å². The summed E-state index contributed by atoms with van der Waals surface area (Å²) >= 11 is 0. The van der Waals surface area contributed by atoms with Gasteiger partial charge in [0.25, 0.3) is 5.91 Å². The van der Waals surface area contributed by atoms with E-state index in [-0.39, 0.29) is 25.0 Å². The minimum Gasteiger partial charge on any atom is -0.396 e. The lowest BCUT2D eigenvalue weighted by atomic mass is 9.99. The monoisotopic (exact) mass is 491 g/mol. The third-order valence-corrected chi connectivity index (χ3v) is 6.69. The van der Waals surface area contributed by atoms with Crippen LogP contribution in [-0.4, -0.2) is 66.0 Å². The zero-order valence-corrected chi connectivity index (χ0v) is 21.0. The highest BCUT2D eigenvalue weighted by Crippen LogP contribution is 2.30. The number of rotatable bonds is 5. The van der Waals surface area contributed by atoms with Gasteiger partial charge in [0.2, 0.25) is 12.1 Å². The van der Waals surface area contributed by atoms with Gasteiger partial charge in [0.05, 0.1) is 5.69 Å². The molecule has 0 spiro atoms. The number of aliphatic hydroxyl groups excluding tert-OH is 1. The van der Waals surface area contributed by atoms with Gasteiger partial charge < -0.3 is 20.6 Å². The number of urea groups is 1. The summed E-state index contributed by atoms with van der Waals surface area (Å²) in [7, 11) is 0. The Morgan fingerprint density at radius 2 is 1.92 bits per heavy atom. The molecule has 0 unspecified atom stereocenters. The molecule has 2 atom stereocenters. The van der Waals surface area contributed by atoms with E-state index in [2.05, 4.69) is 15.6 Å². The second kappa shape index (κ2) is 10.9. The van der Waals surface area contributed by atoms with Crippen LogP contribution in [0.3, 0.4) is 0 Å². The molecule has 2 aromatic rings. The Balaban J connectivity index is 1.59. The van der Waals surface area contributed by atoms with Gasteiger partial charge in [0.1, 0.15) is 6.54 Å². The molecular weight excluding hydrogens is 458 g/mol. The maximum absolute atomic E-state index is 13.8. The van der Waals surface area contributed by atoms with Crippen LogP contribution in [0.25, 0.3) is 0 Å². The van der Waals surface area contributed by atoms with Crippen LogP contribution in [0, 0.1) is 19.8 Å². The maximum Gasteiger partial charge on any atom is 0.321 e. The molecule has 4 rings (SSSR count). The van der Waals surface area contributed by atoms with E-state index in [9.17, 15) is 19.5 Å². The van der Waals surface area contributed by atoms with Gasteiger partial charge in [-0.2, -0.15) is 0 Å². The van der Waals surface area contributed by atoms with E-state index in [0.29, 0.717) is 30.2 Å². The van der Waals surface area contributed by atoms with E-state index in [1.54, 1.807) is 17.9 Å². The Morgan fingerprint density at radius 1 is 1.14 bits per heavy atom. The zero-order chi connectivity index (χ0) is 25.8. The average molecular weight is 492 g/mol. The average Bonchev–Trinajstić information content (AvgIpc) is 2.95. The number of aliphatic hydroxyl groups is 1. The Kier molecular flexibility index (Phi) is 7.69. The van der Waals surface area contributed by atoms with Gasteiger partial charge in [-0.3, -0.25) is 19.5 Å². The van der Waals surface area contributed by atoms with Crippen LogP contribution in [0.1, 0.15) is 36.5 Å². The Hall–Kier alpha value is -3.72. The third kappa shape index (κ3) is 5.57. The number of likely N-dealkylation sites (tertiary alicyclic amines) is 1. The van der Waals surface area contributed by atoms with Crippen LogP contribution >= 0.6 is 0 Å².